The standard InChI is InChI=1S/C24H28N4O5/c1-16(33-31-2)21-4-3-15-28(21)22(29)14-7-17-5-8-18(9-6-17)23(30)32-20-12-10-19(11-13-20)27-24(25)26/h5-14,16,21H,3-4,15H2,1-2H3,(H4,25,26,27)/b14-7+. The van der Waals surface area contributed by atoms with Crippen LogP contribution in [0.1, 0.15) is 35.7 Å². The van der Waals surface area contributed by atoms with Crippen LogP contribution in [-0.2, 0) is 14.6 Å². The summed E-state index contributed by atoms with van der Waals surface area (Å²) in [4.78, 5) is 40.7. The number of carbonyl (C=O) groups excluding carboxylic acids is 2. The fourth-order valence-corrected chi connectivity index (χ4v) is 3.67. The van der Waals surface area contributed by atoms with Gasteiger partial charge >= 0.3 is 5.97 Å². The maximum absolute atomic E-state index is 12.6. The number of likely N-dealkylation sites (tertiary alicyclic amines) is 1. The molecular formula is C24H28N4O5. The van der Waals surface area contributed by atoms with Crippen molar-refractivity contribution in [1.29, 1.82) is 0 Å². The quantitative estimate of drug-likeness (QED) is 0.120. The zero-order chi connectivity index (χ0) is 23.8. The maximum Gasteiger partial charge on any atom is 0.343 e. The maximum atomic E-state index is 12.6. The van der Waals surface area contributed by atoms with E-state index in [4.69, 9.17) is 26.0 Å². The number of nitrogens with two attached hydrogens (primary N) is 2. The summed E-state index contributed by atoms with van der Waals surface area (Å²) in [6.07, 6.45) is 4.84. The number of nitrogens with zero attached hydrogens (tertiary/aromatic N) is 2. The molecule has 33 heavy (non-hydrogen) atoms. The van der Waals surface area contributed by atoms with Crippen molar-refractivity contribution in [3.8, 4) is 5.75 Å². The van der Waals surface area contributed by atoms with Crippen LogP contribution in [0.2, 0.25) is 0 Å². The Balaban J connectivity index is 1.58. The summed E-state index contributed by atoms with van der Waals surface area (Å²) in [6.45, 7) is 2.57. The first-order chi connectivity index (χ1) is 15.9. The molecule has 1 amide bonds. The number of amides is 1. The second-order valence-electron chi connectivity index (χ2n) is 7.58. The van der Waals surface area contributed by atoms with Crippen LogP contribution < -0.4 is 16.2 Å². The van der Waals surface area contributed by atoms with Gasteiger partial charge in [-0.25, -0.2) is 19.6 Å². The van der Waals surface area contributed by atoms with Gasteiger partial charge in [-0.2, -0.15) is 0 Å². The highest BCUT2D eigenvalue weighted by Crippen LogP contribution is 2.23. The lowest BCUT2D eigenvalue weighted by molar-refractivity contribution is -0.308. The van der Waals surface area contributed by atoms with Crippen LogP contribution in [0.25, 0.3) is 6.08 Å². The summed E-state index contributed by atoms with van der Waals surface area (Å²) in [5.74, 6) is -0.263. The molecule has 2 unspecified atom stereocenters. The highest BCUT2D eigenvalue weighted by molar-refractivity contribution is 5.93. The minimum absolute atomic E-state index is 0.0206. The van der Waals surface area contributed by atoms with E-state index in [-0.39, 0.29) is 24.0 Å². The van der Waals surface area contributed by atoms with Gasteiger partial charge in [-0.15, -0.1) is 0 Å². The summed E-state index contributed by atoms with van der Waals surface area (Å²) in [6, 6.07) is 13.3. The molecule has 0 saturated carbocycles. The molecule has 1 aliphatic rings. The molecule has 3 rings (SSSR count). The van der Waals surface area contributed by atoms with Crippen molar-refractivity contribution in [3.05, 3.63) is 65.7 Å². The predicted octanol–water partition coefficient (Wildman–Crippen LogP) is 2.78. The average Bonchev–Trinajstić information content (AvgIpc) is 3.29. The molecule has 2 aromatic rings. The van der Waals surface area contributed by atoms with E-state index in [2.05, 4.69) is 4.99 Å². The van der Waals surface area contributed by atoms with Crippen molar-refractivity contribution in [3.63, 3.8) is 0 Å². The van der Waals surface area contributed by atoms with E-state index in [9.17, 15) is 9.59 Å². The fourth-order valence-electron chi connectivity index (χ4n) is 3.67. The van der Waals surface area contributed by atoms with E-state index in [1.54, 1.807) is 59.5 Å². The first-order valence-corrected chi connectivity index (χ1v) is 10.6. The lowest BCUT2D eigenvalue weighted by Gasteiger charge is -2.27. The molecule has 9 nitrogen and oxygen atoms in total. The molecule has 1 heterocycles. The number of benzene rings is 2. The molecule has 1 fully saturated rings. The summed E-state index contributed by atoms with van der Waals surface area (Å²) in [7, 11) is 1.46. The number of ether oxygens (including phenoxy) is 1. The first-order valence-electron chi connectivity index (χ1n) is 10.6. The van der Waals surface area contributed by atoms with Crippen LogP contribution in [0.3, 0.4) is 0 Å². The number of rotatable bonds is 8. The number of guanidine groups is 1. The Kier molecular flexibility index (Phi) is 8.17. The normalized spacial score (nSPS) is 16.5. The average molecular weight is 453 g/mol. The van der Waals surface area contributed by atoms with Gasteiger partial charge in [-0.1, -0.05) is 12.1 Å². The highest BCUT2D eigenvalue weighted by Gasteiger charge is 2.32. The number of aliphatic imine (C=N–C) groups is 1. The monoisotopic (exact) mass is 452 g/mol. The Morgan fingerprint density at radius 2 is 1.82 bits per heavy atom. The van der Waals surface area contributed by atoms with E-state index in [1.807, 2.05) is 6.92 Å². The summed E-state index contributed by atoms with van der Waals surface area (Å²) >= 11 is 0. The summed E-state index contributed by atoms with van der Waals surface area (Å²) < 4.78 is 5.37. The van der Waals surface area contributed by atoms with Crippen molar-refractivity contribution in [1.82, 2.24) is 4.90 Å². The van der Waals surface area contributed by atoms with Gasteiger partial charge in [0.25, 0.3) is 0 Å². The molecular weight excluding hydrogens is 424 g/mol. The van der Waals surface area contributed by atoms with Crippen molar-refractivity contribution < 1.29 is 24.1 Å². The molecule has 0 radical (unpaired) electrons. The van der Waals surface area contributed by atoms with Gasteiger partial charge in [-0.3, -0.25) is 4.79 Å². The Bertz CT molecular complexity index is 1010. The zero-order valence-electron chi connectivity index (χ0n) is 18.6. The third-order valence-corrected chi connectivity index (χ3v) is 5.24. The van der Waals surface area contributed by atoms with Crippen LogP contribution in [0.4, 0.5) is 5.69 Å². The molecule has 0 spiro atoms. The Labute approximate surface area is 192 Å². The Morgan fingerprint density at radius 1 is 1.12 bits per heavy atom. The Morgan fingerprint density at radius 3 is 2.45 bits per heavy atom. The smallest absolute Gasteiger partial charge is 0.343 e. The van der Waals surface area contributed by atoms with Crippen LogP contribution in [0.15, 0.2) is 59.6 Å². The fraction of sp³-hybridized carbons (Fsp3) is 0.292. The molecule has 1 saturated heterocycles. The molecule has 174 valence electrons. The number of hydrogen-bond acceptors (Lipinski definition) is 6. The van der Waals surface area contributed by atoms with E-state index < -0.39 is 5.97 Å². The molecule has 1 aliphatic heterocycles. The topological polar surface area (TPSA) is 129 Å². The third kappa shape index (κ3) is 6.64. The van der Waals surface area contributed by atoms with Crippen molar-refractivity contribution in [2.24, 2.45) is 16.5 Å². The van der Waals surface area contributed by atoms with Gasteiger partial charge in [0.1, 0.15) is 11.9 Å². The zero-order valence-corrected chi connectivity index (χ0v) is 18.6. The second kappa shape index (κ2) is 11.3. The van der Waals surface area contributed by atoms with E-state index >= 15 is 0 Å². The van der Waals surface area contributed by atoms with Gasteiger partial charge in [-0.05, 0) is 67.8 Å². The molecule has 0 aliphatic carbocycles. The van der Waals surface area contributed by atoms with Gasteiger partial charge in [0.15, 0.2) is 5.96 Å². The van der Waals surface area contributed by atoms with Crippen LogP contribution in [0.5, 0.6) is 5.75 Å². The van der Waals surface area contributed by atoms with Crippen molar-refractivity contribution in [2.45, 2.75) is 31.9 Å². The molecule has 0 bridgehead atoms. The number of esters is 1. The minimum atomic E-state index is -0.497. The van der Waals surface area contributed by atoms with Gasteiger partial charge < -0.3 is 21.1 Å². The van der Waals surface area contributed by atoms with E-state index in [1.165, 1.54) is 13.2 Å². The largest absolute Gasteiger partial charge is 0.423 e. The van der Waals surface area contributed by atoms with Gasteiger partial charge in [0, 0.05) is 12.6 Å². The SMILES string of the molecule is COOC(C)C1CCCN1C(=O)/C=C/c1ccc(C(=O)Oc2ccc(N=C(N)N)cc2)cc1. The van der Waals surface area contributed by atoms with Gasteiger partial charge in [0.05, 0.1) is 24.4 Å². The first kappa shape index (κ1) is 24.0. The van der Waals surface area contributed by atoms with Crippen LogP contribution >= 0.6 is 0 Å². The highest BCUT2D eigenvalue weighted by atomic mass is 17.2. The van der Waals surface area contributed by atoms with E-state index in [0.717, 1.165) is 18.4 Å². The second-order valence-corrected chi connectivity index (χ2v) is 7.58. The van der Waals surface area contributed by atoms with Crippen LogP contribution in [-0.4, -0.2) is 48.5 Å². The van der Waals surface area contributed by atoms with Crippen molar-refractivity contribution >= 4 is 29.6 Å². The lowest BCUT2D eigenvalue weighted by atomic mass is 10.1. The third-order valence-electron chi connectivity index (χ3n) is 5.24. The molecule has 9 heteroatoms. The molecule has 4 N–H and O–H groups in total. The minimum Gasteiger partial charge on any atom is -0.423 e. The summed E-state index contributed by atoms with van der Waals surface area (Å²) in [5, 5.41) is 0. The molecule has 0 aromatic heterocycles. The summed E-state index contributed by atoms with van der Waals surface area (Å²) in [5.41, 5.74) is 12.4. The number of carbonyl (C=O) groups is 2. The van der Waals surface area contributed by atoms with Crippen molar-refractivity contribution in [2.75, 3.05) is 13.7 Å². The molecule has 2 atom stereocenters. The number of hydrogen-bond donors (Lipinski definition) is 2. The molecule has 2 aromatic carbocycles. The van der Waals surface area contributed by atoms with Gasteiger partial charge in [0.2, 0.25) is 5.91 Å². The Hall–Kier alpha value is -3.69. The van der Waals surface area contributed by atoms with Crippen LogP contribution in [0, 0.1) is 0 Å². The predicted molar refractivity (Wildman–Crippen MR) is 125 cm³/mol. The lowest BCUT2D eigenvalue weighted by Crippen LogP contribution is -2.41. The van der Waals surface area contributed by atoms with E-state index in [0.29, 0.717) is 23.5 Å².